The zero-order valence-corrected chi connectivity index (χ0v) is 14.9. The quantitative estimate of drug-likeness (QED) is 0.542. The van der Waals surface area contributed by atoms with E-state index in [-0.39, 0.29) is 28.6 Å². The maximum absolute atomic E-state index is 12.5. The first-order valence-electron chi connectivity index (χ1n) is 7.43. The van der Waals surface area contributed by atoms with Crippen LogP contribution in [0.25, 0.3) is 0 Å². The van der Waals surface area contributed by atoms with E-state index in [1.54, 1.807) is 6.92 Å². The van der Waals surface area contributed by atoms with E-state index in [9.17, 15) is 28.4 Å². The molecule has 9 heteroatoms. The summed E-state index contributed by atoms with van der Waals surface area (Å²) in [7, 11) is -4.05. The molecule has 0 saturated carbocycles. The molecule has 1 aromatic rings. The van der Waals surface area contributed by atoms with Gasteiger partial charge in [0.2, 0.25) is 10.0 Å². The number of rotatable bonds is 8. The summed E-state index contributed by atoms with van der Waals surface area (Å²) in [6.45, 7) is 6.34. The number of aryl methyl sites for hydroxylation is 1. The number of carboxylic acids is 1. The minimum atomic E-state index is -4.05. The lowest BCUT2D eigenvalue weighted by molar-refractivity contribution is -0.385. The van der Waals surface area contributed by atoms with E-state index in [1.807, 2.05) is 13.8 Å². The summed E-state index contributed by atoms with van der Waals surface area (Å²) in [6, 6.07) is 2.63. The van der Waals surface area contributed by atoms with Gasteiger partial charge in [-0.05, 0) is 37.8 Å². The first-order valence-corrected chi connectivity index (χ1v) is 8.92. The maximum atomic E-state index is 12.5. The third-order valence-electron chi connectivity index (χ3n) is 3.59. The van der Waals surface area contributed by atoms with Crippen LogP contribution in [0.5, 0.6) is 0 Å². The van der Waals surface area contributed by atoms with E-state index in [0.29, 0.717) is 12.0 Å². The molecule has 1 unspecified atom stereocenters. The average molecular weight is 358 g/mol. The molecule has 0 amide bonds. The van der Waals surface area contributed by atoms with Crippen LogP contribution in [0.4, 0.5) is 5.69 Å². The number of nitro groups is 1. The van der Waals surface area contributed by atoms with Crippen LogP contribution in [0.15, 0.2) is 17.0 Å². The fraction of sp³-hybridized carbons (Fsp3) is 0.533. The Hall–Kier alpha value is -2.00. The second kappa shape index (κ2) is 7.71. The van der Waals surface area contributed by atoms with Gasteiger partial charge in [-0.3, -0.25) is 14.9 Å². The Morgan fingerprint density at radius 1 is 1.33 bits per heavy atom. The Morgan fingerprint density at radius 2 is 1.92 bits per heavy atom. The lowest BCUT2D eigenvalue weighted by atomic mass is 9.98. The molecule has 0 fully saturated rings. The largest absolute Gasteiger partial charge is 0.481 e. The van der Waals surface area contributed by atoms with E-state index in [4.69, 9.17) is 0 Å². The summed E-state index contributed by atoms with van der Waals surface area (Å²) in [5.41, 5.74) is 0.172. The van der Waals surface area contributed by atoms with Crippen LogP contribution in [0, 0.1) is 35.8 Å². The fourth-order valence-corrected chi connectivity index (χ4v) is 3.83. The van der Waals surface area contributed by atoms with Crippen LogP contribution in [0.2, 0.25) is 0 Å². The molecular formula is C15H22N2O6S. The van der Waals surface area contributed by atoms with Gasteiger partial charge in [0.1, 0.15) is 0 Å². The number of benzene rings is 1. The predicted molar refractivity (Wildman–Crippen MR) is 88.3 cm³/mol. The standard InChI is InChI=1S/C15H22N2O6S/c1-9(2)5-12(15(18)19)8-16-24(22,23)14-7-10(3)6-13(11(14)4)17(20)21/h6-7,9,12,16H,5,8H2,1-4H3,(H,18,19). The molecule has 2 N–H and O–H groups in total. The molecule has 1 atom stereocenters. The van der Waals surface area contributed by atoms with Gasteiger partial charge in [0.15, 0.2) is 0 Å². The number of nitrogens with one attached hydrogen (secondary N) is 1. The minimum absolute atomic E-state index is 0.0221. The zero-order chi connectivity index (χ0) is 18.7. The van der Waals surface area contributed by atoms with Crippen molar-refractivity contribution in [2.75, 3.05) is 6.54 Å². The summed E-state index contributed by atoms with van der Waals surface area (Å²) in [4.78, 5) is 21.4. The molecule has 134 valence electrons. The van der Waals surface area contributed by atoms with Crippen LogP contribution < -0.4 is 4.72 Å². The highest BCUT2D eigenvalue weighted by Crippen LogP contribution is 2.27. The van der Waals surface area contributed by atoms with Crippen LogP contribution in [0.1, 0.15) is 31.4 Å². The van der Waals surface area contributed by atoms with Crippen molar-refractivity contribution < 1.29 is 23.2 Å². The first kappa shape index (κ1) is 20.0. The van der Waals surface area contributed by atoms with Crippen LogP contribution >= 0.6 is 0 Å². The summed E-state index contributed by atoms with van der Waals surface area (Å²) >= 11 is 0. The molecule has 24 heavy (non-hydrogen) atoms. The number of nitro benzene ring substituents is 1. The molecule has 0 bridgehead atoms. The van der Waals surface area contributed by atoms with Gasteiger partial charge in [-0.1, -0.05) is 13.8 Å². The Labute approximate surface area is 141 Å². The van der Waals surface area contributed by atoms with Gasteiger partial charge in [0.25, 0.3) is 5.69 Å². The number of carbonyl (C=O) groups is 1. The number of carboxylic acid groups (broad SMARTS) is 1. The molecule has 0 aliphatic heterocycles. The van der Waals surface area contributed by atoms with Crippen molar-refractivity contribution in [2.45, 2.75) is 39.0 Å². The van der Waals surface area contributed by atoms with Crippen molar-refractivity contribution in [1.82, 2.24) is 4.72 Å². The second-order valence-corrected chi connectivity index (χ2v) is 7.92. The van der Waals surface area contributed by atoms with E-state index < -0.39 is 26.8 Å². The molecule has 0 spiro atoms. The SMILES string of the molecule is Cc1cc([N+](=O)[O-])c(C)c(S(=O)(=O)NCC(CC(C)C)C(=O)O)c1. The molecule has 0 radical (unpaired) electrons. The predicted octanol–water partition coefficient (Wildman–Crippen LogP) is 2.24. The Kier molecular flexibility index (Phi) is 6.44. The van der Waals surface area contributed by atoms with Gasteiger partial charge in [-0.2, -0.15) is 0 Å². The van der Waals surface area contributed by atoms with E-state index in [1.165, 1.54) is 19.1 Å². The Bertz CT molecular complexity index is 743. The van der Waals surface area contributed by atoms with E-state index >= 15 is 0 Å². The van der Waals surface area contributed by atoms with Crippen molar-refractivity contribution in [2.24, 2.45) is 11.8 Å². The van der Waals surface area contributed by atoms with Gasteiger partial charge in [0, 0.05) is 18.2 Å². The minimum Gasteiger partial charge on any atom is -0.481 e. The summed E-state index contributed by atoms with van der Waals surface area (Å²) in [5.74, 6) is -1.85. The maximum Gasteiger partial charge on any atom is 0.307 e. The van der Waals surface area contributed by atoms with Gasteiger partial charge in [-0.15, -0.1) is 0 Å². The topological polar surface area (TPSA) is 127 Å². The van der Waals surface area contributed by atoms with Crippen molar-refractivity contribution >= 4 is 21.7 Å². The molecule has 1 rings (SSSR count). The highest BCUT2D eigenvalue weighted by Gasteiger charge is 2.26. The highest BCUT2D eigenvalue weighted by atomic mass is 32.2. The zero-order valence-electron chi connectivity index (χ0n) is 14.1. The summed E-state index contributed by atoms with van der Waals surface area (Å²) in [5, 5.41) is 20.2. The van der Waals surface area contributed by atoms with E-state index in [0.717, 1.165) is 0 Å². The lowest BCUT2D eigenvalue weighted by Crippen LogP contribution is -2.34. The van der Waals surface area contributed by atoms with Crippen LogP contribution in [0.3, 0.4) is 0 Å². The smallest absolute Gasteiger partial charge is 0.307 e. The monoisotopic (exact) mass is 358 g/mol. The number of nitrogens with zero attached hydrogens (tertiary/aromatic N) is 1. The molecular weight excluding hydrogens is 336 g/mol. The van der Waals surface area contributed by atoms with Crippen LogP contribution in [-0.4, -0.2) is 31.0 Å². The highest BCUT2D eigenvalue weighted by molar-refractivity contribution is 7.89. The molecule has 0 aliphatic carbocycles. The molecule has 0 aromatic heterocycles. The molecule has 0 heterocycles. The molecule has 1 aromatic carbocycles. The molecule has 0 aliphatic rings. The van der Waals surface area contributed by atoms with Crippen LogP contribution in [-0.2, 0) is 14.8 Å². The van der Waals surface area contributed by atoms with Crippen molar-refractivity contribution in [3.8, 4) is 0 Å². The second-order valence-electron chi connectivity index (χ2n) is 6.18. The van der Waals surface area contributed by atoms with Gasteiger partial charge in [-0.25, -0.2) is 13.1 Å². The van der Waals surface area contributed by atoms with Crippen molar-refractivity contribution in [3.63, 3.8) is 0 Å². The van der Waals surface area contributed by atoms with E-state index in [2.05, 4.69) is 4.72 Å². The third-order valence-corrected chi connectivity index (χ3v) is 5.14. The molecule has 8 nitrogen and oxygen atoms in total. The van der Waals surface area contributed by atoms with Crippen molar-refractivity contribution in [1.29, 1.82) is 0 Å². The first-order chi connectivity index (χ1) is 11.0. The van der Waals surface area contributed by atoms with Gasteiger partial charge < -0.3 is 5.11 Å². The Morgan fingerprint density at radius 3 is 2.38 bits per heavy atom. The van der Waals surface area contributed by atoms with Crippen molar-refractivity contribution in [3.05, 3.63) is 33.4 Å². The van der Waals surface area contributed by atoms with Gasteiger partial charge in [0.05, 0.1) is 15.7 Å². The number of hydrogen-bond acceptors (Lipinski definition) is 5. The summed E-state index contributed by atoms with van der Waals surface area (Å²) in [6.07, 6.45) is 0.324. The average Bonchev–Trinajstić information content (AvgIpc) is 2.44. The number of sulfonamides is 1. The lowest BCUT2D eigenvalue weighted by Gasteiger charge is -2.16. The summed E-state index contributed by atoms with van der Waals surface area (Å²) < 4.78 is 27.2. The molecule has 0 saturated heterocycles. The van der Waals surface area contributed by atoms with Gasteiger partial charge >= 0.3 is 5.97 Å². The number of hydrogen-bond donors (Lipinski definition) is 2. The fourth-order valence-electron chi connectivity index (χ4n) is 2.40. The Balaban J connectivity index is 3.13. The number of aliphatic carboxylic acids is 1. The normalized spacial score (nSPS) is 13.0. The third kappa shape index (κ3) is 5.00.